The predicted octanol–water partition coefficient (Wildman–Crippen LogP) is -0.944. The van der Waals surface area contributed by atoms with E-state index < -0.39 is 45.2 Å². The molecule has 11 nitrogen and oxygen atoms in total. The van der Waals surface area contributed by atoms with E-state index in [1.165, 1.54) is 0 Å². The molecule has 3 aromatic rings. The molecule has 41 heavy (non-hydrogen) atoms. The van der Waals surface area contributed by atoms with Crippen LogP contribution >= 0.6 is 0 Å². The molecule has 0 bridgehead atoms. The zero-order chi connectivity index (χ0) is 29.1. The molecule has 1 N–H and O–H groups in total. The van der Waals surface area contributed by atoms with Gasteiger partial charge in [0.2, 0.25) is 0 Å². The molecule has 1 aliphatic rings. The molecule has 0 radical (unpaired) electrons. The molecular formula is C28H26NNaO10S. The molecule has 0 spiro atoms. The largest absolute Gasteiger partial charge is 1.00 e. The number of rotatable bonds is 10. The first-order valence-corrected chi connectivity index (χ1v) is 13.6. The molecule has 0 aliphatic carbocycles. The third-order valence-electron chi connectivity index (χ3n) is 6.61. The van der Waals surface area contributed by atoms with E-state index in [0.29, 0.717) is 33.8 Å². The van der Waals surface area contributed by atoms with Crippen molar-refractivity contribution in [3.05, 3.63) is 95.1 Å². The van der Waals surface area contributed by atoms with Gasteiger partial charge in [-0.1, -0.05) is 48.5 Å². The van der Waals surface area contributed by atoms with Gasteiger partial charge < -0.3 is 24.0 Å². The number of hydrogen-bond acceptors (Lipinski definition) is 10. The summed E-state index contributed by atoms with van der Waals surface area (Å²) in [5.74, 6) is -2.16. The summed E-state index contributed by atoms with van der Waals surface area (Å²) in [5, 5.41) is 9.99. The van der Waals surface area contributed by atoms with Gasteiger partial charge in [0, 0.05) is 0 Å². The molecule has 2 amide bonds. The Labute approximate surface area is 259 Å². The molecule has 210 valence electrons. The number of carbonyl (C=O) groups excluding carboxylic acids is 3. The van der Waals surface area contributed by atoms with Gasteiger partial charge in [0.05, 0.1) is 27.1 Å². The van der Waals surface area contributed by atoms with Crippen LogP contribution in [-0.4, -0.2) is 60.4 Å². The molecule has 1 saturated heterocycles. The fourth-order valence-electron chi connectivity index (χ4n) is 4.37. The van der Waals surface area contributed by atoms with E-state index in [1.807, 2.05) is 0 Å². The monoisotopic (exact) mass is 591 g/mol. The maximum atomic E-state index is 12.3. The number of amides is 2. The normalized spacial score (nSPS) is 15.3. The maximum absolute atomic E-state index is 12.3. The molecule has 1 heterocycles. The molecule has 13 heteroatoms. The van der Waals surface area contributed by atoms with E-state index in [9.17, 15) is 32.5 Å². The maximum Gasteiger partial charge on any atom is 1.00 e. The zero-order valence-corrected chi connectivity index (χ0v) is 25.4. The number of ether oxygens (including phenoxy) is 2. The van der Waals surface area contributed by atoms with Crippen LogP contribution in [-0.2, 0) is 41.4 Å². The van der Waals surface area contributed by atoms with Crippen molar-refractivity contribution >= 4 is 27.9 Å². The van der Waals surface area contributed by atoms with Gasteiger partial charge in [-0.3, -0.25) is 9.59 Å². The van der Waals surface area contributed by atoms with Crippen LogP contribution in [0.2, 0.25) is 0 Å². The molecule has 1 fully saturated rings. The molecule has 0 aromatic heterocycles. The summed E-state index contributed by atoms with van der Waals surface area (Å²) in [5.41, 5.74) is 0.880. The molecule has 4 rings (SSSR count). The summed E-state index contributed by atoms with van der Waals surface area (Å²) in [4.78, 5) is 40.9. The molecule has 0 saturated carbocycles. The van der Waals surface area contributed by atoms with Crippen molar-refractivity contribution in [2.24, 2.45) is 0 Å². The van der Waals surface area contributed by atoms with Crippen LogP contribution in [0.1, 0.15) is 35.1 Å². The summed E-state index contributed by atoms with van der Waals surface area (Å²) >= 11 is 0. The first-order valence-electron chi connectivity index (χ1n) is 12.1. The summed E-state index contributed by atoms with van der Waals surface area (Å²) in [6.07, 6.45) is -0.959. The van der Waals surface area contributed by atoms with Gasteiger partial charge in [-0.05, 0) is 52.9 Å². The molecule has 1 aliphatic heterocycles. The number of aryl methyl sites for hydroxylation is 1. The van der Waals surface area contributed by atoms with E-state index in [-0.39, 0.29) is 47.5 Å². The van der Waals surface area contributed by atoms with Crippen LogP contribution in [0.15, 0.2) is 72.8 Å². The van der Waals surface area contributed by atoms with Gasteiger partial charge in [0.25, 0.3) is 11.8 Å². The van der Waals surface area contributed by atoms with E-state index in [2.05, 4.69) is 0 Å². The molecular weight excluding hydrogens is 565 g/mol. The number of benzene rings is 3. The van der Waals surface area contributed by atoms with Crippen LogP contribution in [0.25, 0.3) is 0 Å². The average molecular weight is 592 g/mol. The van der Waals surface area contributed by atoms with Gasteiger partial charge in [-0.25, -0.2) is 13.2 Å². The van der Waals surface area contributed by atoms with Crippen molar-refractivity contribution in [3.63, 3.8) is 0 Å². The Hall–Kier alpha value is -3.26. The van der Waals surface area contributed by atoms with E-state index in [4.69, 9.17) is 14.3 Å². The van der Waals surface area contributed by atoms with Crippen LogP contribution in [0.3, 0.4) is 0 Å². The Morgan fingerprint density at radius 1 is 0.902 bits per heavy atom. The summed E-state index contributed by atoms with van der Waals surface area (Å²) in [6.45, 7) is 0. The van der Waals surface area contributed by atoms with E-state index in [0.717, 1.165) is 0 Å². The van der Waals surface area contributed by atoms with Gasteiger partial charge in [-0.2, -0.15) is 0 Å². The van der Waals surface area contributed by atoms with E-state index in [1.54, 1.807) is 87.0 Å². The fraction of sp³-hybridized carbons (Fsp3) is 0.250. The SMILES string of the molecule is COc1ccc(C(O)(c2ccc(CCC(=O)ON3C(=O)CC(S(=O)(=O)[O-])C3=O)cc2)c2ccc(OC)cc2)cc1.[Na+]. The minimum Gasteiger partial charge on any atom is -0.747 e. The van der Waals surface area contributed by atoms with Crippen molar-refractivity contribution in [2.75, 3.05) is 14.2 Å². The summed E-state index contributed by atoms with van der Waals surface area (Å²) in [6, 6.07) is 20.9. The Bertz CT molecular complexity index is 1460. The van der Waals surface area contributed by atoms with Crippen LogP contribution < -0.4 is 39.0 Å². The van der Waals surface area contributed by atoms with Gasteiger partial charge in [-0.15, -0.1) is 5.06 Å². The third-order valence-corrected chi connectivity index (χ3v) is 7.67. The Morgan fingerprint density at radius 2 is 1.34 bits per heavy atom. The number of methoxy groups -OCH3 is 2. The van der Waals surface area contributed by atoms with Crippen molar-refractivity contribution in [1.82, 2.24) is 5.06 Å². The minimum atomic E-state index is -5.06. The zero-order valence-electron chi connectivity index (χ0n) is 22.6. The number of hydrogen-bond donors (Lipinski definition) is 1. The molecule has 1 atom stereocenters. The van der Waals surface area contributed by atoms with Crippen LogP contribution in [0.4, 0.5) is 0 Å². The second-order valence-electron chi connectivity index (χ2n) is 9.04. The Kier molecular flexibility index (Phi) is 10.3. The number of carbonyl (C=O) groups is 3. The van der Waals surface area contributed by atoms with Crippen LogP contribution in [0.5, 0.6) is 11.5 Å². The predicted molar refractivity (Wildman–Crippen MR) is 139 cm³/mol. The smallest absolute Gasteiger partial charge is 0.747 e. The Balaban J connectivity index is 0.00000462. The number of nitrogens with zero attached hydrogens (tertiary/aromatic N) is 1. The first-order chi connectivity index (χ1) is 19.0. The minimum absolute atomic E-state index is 0. The summed E-state index contributed by atoms with van der Waals surface area (Å²) in [7, 11) is -1.96. The number of imide groups is 1. The second-order valence-corrected chi connectivity index (χ2v) is 10.6. The van der Waals surface area contributed by atoms with Gasteiger partial charge >= 0.3 is 35.5 Å². The topological polar surface area (TPSA) is 160 Å². The Morgan fingerprint density at radius 3 is 1.73 bits per heavy atom. The fourth-order valence-corrected chi connectivity index (χ4v) is 5.06. The third kappa shape index (κ3) is 6.97. The van der Waals surface area contributed by atoms with Gasteiger partial charge in [0.1, 0.15) is 32.5 Å². The molecule has 1 unspecified atom stereocenters. The van der Waals surface area contributed by atoms with Crippen molar-refractivity contribution in [3.8, 4) is 11.5 Å². The second kappa shape index (κ2) is 13.1. The standard InChI is InChI=1S/C28H27NO10S.Na/c1-37-22-12-8-20(9-13-22)28(33,21-10-14-23(38-2)15-11-21)19-6-3-18(4-7-19)5-16-26(31)39-29-25(30)17-24(27(29)32)40(34,35)36;/h3-4,6-15,24,33H,5,16-17H2,1-2H3,(H,34,35,36);/q;+1/p-1. The van der Waals surface area contributed by atoms with Crippen molar-refractivity contribution < 1.29 is 76.3 Å². The molecule has 3 aromatic carbocycles. The quantitative estimate of drug-likeness (QED) is 0.135. The first kappa shape index (κ1) is 32.3. The van der Waals surface area contributed by atoms with Crippen LogP contribution in [0, 0.1) is 0 Å². The summed E-state index contributed by atoms with van der Waals surface area (Å²) < 4.78 is 43.9. The van der Waals surface area contributed by atoms with Gasteiger partial charge in [0.15, 0.2) is 0 Å². The van der Waals surface area contributed by atoms with Crippen molar-refractivity contribution in [2.45, 2.75) is 30.1 Å². The van der Waals surface area contributed by atoms with E-state index >= 15 is 0 Å². The average Bonchev–Trinajstić information content (AvgIpc) is 3.25. The number of aliphatic hydroxyl groups is 1. The number of hydroxylamine groups is 2. The van der Waals surface area contributed by atoms with Crippen molar-refractivity contribution in [1.29, 1.82) is 0 Å².